The predicted octanol–water partition coefficient (Wildman–Crippen LogP) is 3.59. The Balaban J connectivity index is 2.10. The Kier molecular flexibility index (Phi) is 3.99. The molecule has 0 saturated carbocycles. The molecule has 0 unspecified atom stereocenters. The maximum Gasteiger partial charge on any atom is 0.289 e. The average molecular weight is 330 g/mol. The number of nitrogens with zero attached hydrogens (tertiary/aromatic N) is 1. The van der Waals surface area contributed by atoms with Gasteiger partial charge in [-0.05, 0) is 45.8 Å². The molecule has 0 aliphatic heterocycles. The van der Waals surface area contributed by atoms with Crippen molar-refractivity contribution in [3.05, 3.63) is 58.0 Å². The largest absolute Gasteiger partial charge is 0.444 e. The number of carbonyl (C=O) groups excluding carboxylic acids is 1. The van der Waals surface area contributed by atoms with Gasteiger partial charge in [0, 0.05) is 13.6 Å². The number of hydrogen-bond acceptors (Lipinski definition) is 2. The van der Waals surface area contributed by atoms with Gasteiger partial charge in [0.25, 0.3) is 5.91 Å². The number of benzene rings is 1. The highest BCUT2D eigenvalue weighted by Crippen LogP contribution is 2.17. The van der Waals surface area contributed by atoms with Crippen molar-refractivity contribution in [2.75, 3.05) is 7.05 Å². The highest BCUT2D eigenvalue weighted by molar-refractivity contribution is 9.10. The summed E-state index contributed by atoms with van der Waals surface area (Å²) in [5.41, 5.74) is 0.500. The molecule has 0 fully saturated rings. The lowest BCUT2D eigenvalue weighted by molar-refractivity contribution is 0.0752. The van der Waals surface area contributed by atoms with Crippen LogP contribution in [0.5, 0.6) is 0 Å². The number of rotatable bonds is 3. The molecule has 1 amide bonds. The predicted molar refractivity (Wildman–Crippen MR) is 68.6 cm³/mol. The van der Waals surface area contributed by atoms with Crippen LogP contribution in [0.3, 0.4) is 0 Å². The van der Waals surface area contributed by atoms with Crippen LogP contribution < -0.4 is 0 Å². The van der Waals surface area contributed by atoms with Gasteiger partial charge in [0.1, 0.15) is 0 Å². The molecule has 0 saturated heterocycles. The van der Waals surface area contributed by atoms with E-state index >= 15 is 0 Å². The van der Waals surface area contributed by atoms with E-state index in [0.29, 0.717) is 10.2 Å². The number of halogens is 3. The van der Waals surface area contributed by atoms with Crippen LogP contribution in [0.4, 0.5) is 8.78 Å². The summed E-state index contributed by atoms with van der Waals surface area (Å²) in [6.07, 6.45) is 0. The Morgan fingerprint density at radius 2 is 2.00 bits per heavy atom. The number of furan rings is 1. The van der Waals surface area contributed by atoms with Crippen LogP contribution in [0.1, 0.15) is 16.1 Å². The zero-order chi connectivity index (χ0) is 14.0. The molecule has 1 heterocycles. The SMILES string of the molecule is CN(Cc1ccc(F)c(F)c1)C(=O)c1ccc(Br)o1. The van der Waals surface area contributed by atoms with E-state index in [2.05, 4.69) is 15.9 Å². The van der Waals surface area contributed by atoms with Crippen LogP contribution in [-0.2, 0) is 6.54 Å². The molecular formula is C13H10BrF2NO2. The number of amides is 1. The van der Waals surface area contributed by atoms with Gasteiger partial charge in [0.15, 0.2) is 22.1 Å². The van der Waals surface area contributed by atoms with Crippen LogP contribution in [0.25, 0.3) is 0 Å². The molecule has 1 aromatic carbocycles. The average Bonchev–Trinajstić information content (AvgIpc) is 2.79. The molecule has 0 N–H and O–H groups in total. The van der Waals surface area contributed by atoms with Gasteiger partial charge < -0.3 is 9.32 Å². The summed E-state index contributed by atoms with van der Waals surface area (Å²) < 4.78 is 31.4. The normalized spacial score (nSPS) is 10.5. The van der Waals surface area contributed by atoms with Crippen molar-refractivity contribution in [1.82, 2.24) is 4.90 Å². The van der Waals surface area contributed by atoms with E-state index in [1.54, 1.807) is 13.1 Å². The first-order valence-corrected chi connectivity index (χ1v) is 6.21. The Bertz CT molecular complexity index is 612. The van der Waals surface area contributed by atoms with Crippen molar-refractivity contribution in [1.29, 1.82) is 0 Å². The fourth-order valence-corrected chi connectivity index (χ4v) is 1.91. The second-order valence-electron chi connectivity index (χ2n) is 4.01. The third-order valence-electron chi connectivity index (χ3n) is 2.53. The van der Waals surface area contributed by atoms with Gasteiger partial charge >= 0.3 is 0 Å². The maximum atomic E-state index is 13.1. The Hall–Kier alpha value is -1.69. The minimum atomic E-state index is -0.931. The number of carbonyl (C=O) groups is 1. The molecule has 6 heteroatoms. The summed E-state index contributed by atoms with van der Waals surface area (Å²) in [4.78, 5) is 13.3. The smallest absolute Gasteiger partial charge is 0.289 e. The van der Waals surface area contributed by atoms with Gasteiger partial charge in [-0.3, -0.25) is 4.79 Å². The third-order valence-corrected chi connectivity index (χ3v) is 2.96. The number of hydrogen-bond donors (Lipinski definition) is 0. The van der Waals surface area contributed by atoms with E-state index in [9.17, 15) is 13.6 Å². The molecule has 0 atom stereocenters. The molecule has 19 heavy (non-hydrogen) atoms. The van der Waals surface area contributed by atoms with Crippen LogP contribution in [0, 0.1) is 11.6 Å². The van der Waals surface area contributed by atoms with E-state index in [1.807, 2.05) is 0 Å². The molecule has 2 aromatic rings. The maximum absolute atomic E-state index is 13.1. The zero-order valence-electron chi connectivity index (χ0n) is 9.99. The van der Waals surface area contributed by atoms with Gasteiger partial charge in [-0.15, -0.1) is 0 Å². The van der Waals surface area contributed by atoms with Crippen LogP contribution >= 0.6 is 15.9 Å². The molecule has 1 aromatic heterocycles. The van der Waals surface area contributed by atoms with Crippen molar-refractivity contribution >= 4 is 21.8 Å². The molecular weight excluding hydrogens is 320 g/mol. The van der Waals surface area contributed by atoms with Crippen molar-refractivity contribution in [3.63, 3.8) is 0 Å². The summed E-state index contributed by atoms with van der Waals surface area (Å²) in [5, 5.41) is 0. The molecule has 0 bridgehead atoms. The summed E-state index contributed by atoms with van der Waals surface area (Å²) >= 11 is 3.11. The standard InChI is InChI=1S/C13H10BrF2NO2/c1-17(13(18)11-4-5-12(14)19-11)7-8-2-3-9(15)10(16)6-8/h2-6H,7H2,1H3. The molecule has 0 spiro atoms. The Morgan fingerprint density at radius 3 is 2.58 bits per heavy atom. The quantitative estimate of drug-likeness (QED) is 0.862. The monoisotopic (exact) mass is 329 g/mol. The lowest BCUT2D eigenvalue weighted by atomic mass is 10.2. The van der Waals surface area contributed by atoms with Crippen molar-refractivity contribution < 1.29 is 18.0 Å². The first-order chi connectivity index (χ1) is 8.97. The van der Waals surface area contributed by atoms with E-state index in [-0.39, 0.29) is 18.2 Å². The van der Waals surface area contributed by atoms with E-state index < -0.39 is 11.6 Å². The van der Waals surface area contributed by atoms with Crippen molar-refractivity contribution in [2.24, 2.45) is 0 Å². The van der Waals surface area contributed by atoms with Gasteiger partial charge in [0.2, 0.25) is 0 Å². The van der Waals surface area contributed by atoms with Crippen LogP contribution in [0.15, 0.2) is 39.4 Å². The van der Waals surface area contributed by atoms with Gasteiger partial charge in [-0.25, -0.2) is 8.78 Å². The Labute approximate surface area is 116 Å². The molecule has 0 aliphatic carbocycles. The lowest BCUT2D eigenvalue weighted by Crippen LogP contribution is -2.25. The topological polar surface area (TPSA) is 33.5 Å². The van der Waals surface area contributed by atoms with E-state index in [4.69, 9.17) is 4.42 Å². The third kappa shape index (κ3) is 3.20. The minimum absolute atomic E-state index is 0.161. The first-order valence-electron chi connectivity index (χ1n) is 5.42. The summed E-state index contributed by atoms with van der Waals surface area (Å²) in [7, 11) is 1.56. The second kappa shape index (κ2) is 5.52. The molecule has 100 valence electrons. The summed E-state index contributed by atoms with van der Waals surface area (Å²) in [6.45, 7) is 0.161. The van der Waals surface area contributed by atoms with E-state index in [1.165, 1.54) is 17.0 Å². The molecule has 3 nitrogen and oxygen atoms in total. The Morgan fingerprint density at radius 1 is 1.26 bits per heavy atom. The second-order valence-corrected chi connectivity index (χ2v) is 4.80. The highest BCUT2D eigenvalue weighted by Gasteiger charge is 2.16. The van der Waals surface area contributed by atoms with Crippen molar-refractivity contribution in [2.45, 2.75) is 6.54 Å². The van der Waals surface area contributed by atoms with Gasteiger partial charge in [-0.1, -0.05) is 6.07 Å². The van der Waals surface area contributed by atoms with Crippen molar-refractivity contribution in [3.8, 4) is 0 Å². The van der Waals surface area contributed by atoms with Gasteiger partial charge in [-0.2, -0.15) is 0 Å². The fourth-order valence-electron chi connectivity index (χ4n) is 1.60. The summed E-state index contributed by atoms with van der Waals surface area (Å²) in [6, 6.07) is 6.68. The molecule has 0 radical (unpaired) electrons. The highest BCUT2D eigenvalue weighted by atomic mass is 79.9. The molecule has 0 aliphatic rings. The van der Waals surface area contributed by atoms with Crippen LogP contribution in [-0.4, -0.2) is 17.9 Å². The van der Waals surface area contributed by atoms with Crippen LogP contribution in [0.2, 0.25) is 0 Å². The van der Waals surface area contributed by atoms with Gasteiger partial charge in [0.05, 0.1) is 0 Å². The lowest BCUT2D eigenvalue weighted by Gasteiger charge is -2.15. The minimum Gasteiger partial charge on any atom is -0.444 e. The summed E-state index contributed by atoms with van der Waals surface area (Å²) in [5.74, 6) is -2.00. The molecule has 2 rings (SSSR count). The fraction of sp³-hybridized carbons (Fsp3) is 0.154. The zero-order valence-corrected chi connectivity index (χ0v) is 11.6. The first kappa shape index (κ1) is 13.7. The van der Waals surface area contributed by atoms with E-state index in [0.717, 1.165) is 12.1 Å².